The van der Waals surface area contributed by atoms with Crippen molar-refractivity contribution < 1.29 is 62.7 Å². The molecular formula is C53H64N8O13S3. The Morgan fingerprint density at radius 3 is 1.69 bits per heavy atom. The number of rotatable bonds is 25. The maximum atomic E-state index is 13.2. The number of carbonyl (C=O) groups excluding carboxylic acids is 4. The van der Waals surface area contributed by atoms with Crippen molar-refractivity contribution in [1.29, 1.82) is 0 Å². The predicted molar refractivity (Wildman–Crippen MR) is 292 cm³/mol. The molecule has 2 aliphatic rings. The summed E-state index contributed by atoms with van der Waals surface area (Å²) >= 11 is 0. The van der Waals surface area contributed by atoms with Crippen LogP contribution in [0.1, 0.15) is 113 Å². The molecule has 0 fully saturated rings. The number of hydrogen-bond acceptors (Lipinski definition) is 14. The second kappa shape index (κ2) is 25.5. The van der Waals surface area contributed by atoms with Crippen molar-refractivity contribution in [2.24, 2.45) is 0 Å². The highest BCUT2D eigenvalue weighted by atomic mass is 32.2. The van der Waals surface area contributed by atoms with E-state index in [1.165, 1.54) is 12.1 Å². The number of allylic oxidation sites excluding steroid dienone is 6. The molecule has 0 spiro atoms. The molecule has 77 heavy (non-hydrogen) atoms. The maximum Gasteiger partial charge on any atom is 0.269 e. The van der Waals surface area contributed by atoms with Crippen molar-refractivity contribution in [2.45, 2.75) is 72.1 Å². The average Bonchev–Trinajstić information content (AvgIpc) is 3.81. The quantitative estimate of drug-likeness (QED) is 0.0217. The monoisotopic (exact) mass is 1120 g/mol. The standard InChI is InChI=1S/C53H64N8O13S3/c1-6-9-13-23-61-47-20-18-36(38-33-42(49(62)54-7-2)58-43(34-38)50(63)55-8-3)30-41(47)53(4,5)48(61)16-12-10-11-15-40-29-39-28-35(17-19-46(39)60(40)24-14-25-75(66,67)68)37-31-44(51(64)56-21-26-76(69,70)71)59-45(32-37)52(65)57-22-27-77(72,73)74/h10-12,15-20,28,30-34H,6-9,13-14,21-27,29H2,1-5H3,(H6-,54,55,56,57,62,63,64,65,66,67,68,69,70,71,72,73,74). The van der Waals surface area contributed by atoms with Gasteiger partial charge in [-0.05, 0) is 103 Å². The minimum Gasteiger partial charge on any atom is -0.748 e. The zero-order valence-electron chi connectivity index (χ0n) is 43.5. The molecule has 21 nitrogen and oxygen atoms in total. The topological polar surface area (TPSA) is 314 Å². The van der Waals surface area contributed by atoms with Crippen LogP contribution < -0.4 is 26.2 Å². The molecule has 0 bridgehead atoms. The molecule has 6 N–H and O–H groups in total. The van der Waals surface area contributed by atoms with Crippen LogP contribution in [-0.4, -0.2) is 139 Å². The summed E-state index contributed by atoms with van der Waals surface area (Å²) in [6.45, 7) is 10.8. The Kier molecular flexibility index (Phi) is 19.6. The third kappa shape index (κ3) is 16.1. The lowest BCUT2D eigenvalue weighted by molar-refractivity contribution is -0.436. The Morgan fingerprint density at radius 2 is 1.18 bits per heavy atom. The average molecular weight is 1120 g/mol. The van der Waals surface area contributed by atoms with Crippen molar-refractivity contribution in [3.8, 4) is 22.3 Å². The summed E-state index contributed by atoms with van der Waals surface area (Å²) < 4.78 is 100. The van der Waals surface area contributed by atoms with Gasteiger partial charge in [0.2, 0.25) is 5.69 Å². The maximum absolute atomic E-state index is 13.2. The Bertz CT molecular complexity index is 3300. The van der Waals surface area contributed by atoms with Gasteiger partial charge in [-0.15, -0.1) is 0 Å². The van der Waals surface area contributed by atoms with Gasteiger partial charge in [0.1, 0.15) is 29.3 Å². The summed E-state index contributed by atoms with van der Waals surface area (Å²) in [5.41, 5.74) is 6.88. The van der Waals surface area contributed by atoms with E-state index >= 15 is 0 Å². The number of aromatic nitrogens is 2. The van der Waals surface area contributed by atoms with Gasteiger partial charge in [-0.3, -0.25) is 28.3 Å². The van der Waals surface area contributed by atoms with E-state index in [9.17, 15) is 49.0 Å². The molecule has 0 unspecified atom stereocenters. The summed E-state index contributed by atoms with van der Waals surface area (Å²) in [7, 11) is -13.4. The van der Waals surface area contributed by atoms with Gasteiger partial charge in [0, 0.05) is 79.4 Å². The van der Waals surface area contributed by atoms with Crippen LogP contribution in [0.15, 0.2) is 96.7 Å². The SMILES string of the molecule is CCCCCN1/C(=C/C=C/C=C/C2=[N+](CCCS(=O)(=O)[O-])c3ccc(-c4cc(C(=O)NCCS(=O)(=O)O)nc(C(=O)NCCS(=O)(=O)O)c4)cc3C2)C(C)(C)c2cc(-c3cc(C(=O)NCC)nc(C(=O)NCC)c3)ccc21. The van der Waals surface area contributed by atoms with Gasteiger partial charge < -0.3 is 30.7 Å². The summed E-state index contributed by atoms with van der Waals surface area (Å²) in [5, 5.41) is 10.2. The minimum absolute atomic E-state index is 0.0276. The highest BCUT2D eigenvalue weighted by molar-refractivity contribution is 7.86. The highest BCUT2D eigenvalue weighted by Gasteiger charge is 2.40. The van der Waals surface area contributed by atoms with E-state index in [0.717, 1.165) is 59.6 Å². The van der Waals surface area contributed by atoms with E-state index in [1.54, 1.807) is 30.3 Å². The van der Waals surface area contributed by atoms with Crippen LogP contribution in [0.25, 0.3) is 22.3 Å². The van der Waals surface area contributed by atoms with Crippen molar-refractivity contribution in [3.63, 3.8) is 0 Å². The predicted octanol–water partition coefficient (Wildman–Crippen LogP) is 5.11. The number of hydrogen-bond donors (Lipinski definition) is 6. The molecule has 2 aromatic heterocycles. The molecule has 6 rings (SSSR count). The van der Waals surface area contributed by atoms with Gasteiger partial charge in [0.05, 0.1) is 28.0 Å². The van der Waals surface area contributed by atoms with Gasteiger partial charge in [-0.1, -0.05) is 57.9 Å². The van der Waals surface area contributed by atoms with Crippen molar-refractivity contribution >= 4 is 71.1 Å². The second-order valence-corrected chi connectivity index (χ2v) is 23.5. The fraction of sp³-hybridized carbons (Fsp3) is 0.377. The molecular weight excluding hydrogens is 1050 g/mol. The lowest BCUT2D eigenvalue weighted by Gasteiger charge is -2.27. The van der Waals surface area contributed by atoms with Crippen LogP contribution in [0.3, 0.4) is 0 Å². The van der Waals surface area contributed by atoms with E-state index in [1.807, 2.05) is 48.8 Å². The zero-order valence-corrected chi connectivity index (χ0v) is 45.9. The van der Waals surface area contributed by atoms with Crippen molar-refractivity contribution in [2.75, 3.05) is 61.4 Å². The summed E-state index contributed by atoms with van der Waals surface area (Å²) in [4.78, 5) is 63.2. The van der Waals surface area contributed by atoms with E-state index in [4.69, 9.17) is 9.11 Å². The second-order valence-electron chi connectivity index (χ2n) is 18.8. The number of anilines is 1. The van der Waals surface area contributed by atoms with Gasteiger partial charge in [-0.25, -0.2) is 18.4 Å². The molecule has 0 saturated carbocycles. The Labute approximate surface area is 449 Å². The summed E-state index contributed by atoms with van der Waals surface area (Å²) in [6.07, 6.45) is 13.0. The van der Waals surface area contributed by atoms with Crippen molar-refractivity contribution in [3.05, 3.63) is 131 Å². The normalized spacial score (nSPS) is 14.8. The third-order valence-corrected chi connectivity index (χ3v) is 14.9. The molecule has 24 heteroatoms. The lowest BCUT2D eigenvalue weighted by atomic mass is 9.82. The molecule has 4 amide bonds. The van der Waals surface area contributed by atoms with Gasteiger partial charge in [0.25, 0.3) is 43.9 Å². The van der Waals surface area contributed by atoms with Crippen LogP contribution in [0.2, 0.25) is 0 Å². The number of nitrogens with zero attached hydrogens (tertiary/aromatic N) is 4. The molecule has 4 aromatic rings. The molecule has 0 radical (unpaired) electrons. The zero-order chi connectivity index (χ0) is 56.3. The first kappa shape index (κ1) is 59.3. The largest absolute Gasteiger partial charge is 0.748 e. The van der Waals surface area contributed by atoms with E-state index < -0.39 is 77.9 Å². The highest BCUT2D eigenvalue weighted by Crippen LogP contribution is 2.49. The fourth-order valence-electron chi connectivity index (χ4n) is 9.05. The van der Waals surface area contributed by atoms with E-state index in [0.29, 0.717) is 41.9 Å². The number of unbranched alkanes of at least 4 members (excludes halogenated alkanes) is 2. The molecule has 2 aliphatic heterocycles. The first-order valence-electron chi connectivity index (χ1n) is 25.1. The van der Waals surface area contributed by atoms with Gasteiger partial charge in [-0.2, -0.15) is 21.4 Å². The van der Waals surface area contributed by atoms with Gasteiger partial charge in [0.15, 0.2) is 5.71 Å². The van der Waals surface area contributed by atoms with E-state index in [2.05, 4.69) is 75.1 Å². The molecule has 0 atom stereocenters. The van der Waals surface area contributed by atoms with Gasteiger partial charge >= 0.3 is 0 Å². The Morgan fingerprint density at radius 1 is 0.662 bits per heavy atom. The van der Waals surface area contributed by atoms with Crippen LogP contribution >= 0.6 is 0 Å². The molecule has 412 valence electrons. The number of fused-ring (bicyclic) bond motifs is 2. The third-order valence-electron chi connectivity index (χ3n) is 12.7. The Balaban J connectivity index is 1.31. The first-order valence-corrected chi connectivity index (χ1v) is 29.9. The Hall–Kier alpha value is -6.96. The number of carbonyl (C=O) groups is 4. The first-order chi connectivity index (χ1) is 36.3. The molecule has 2 aromatic carbocycles. The lowest BCUT2D eigenvalue weighted by Crippen LogP contribution is -2.32. The smallest absolute Gasteiger partial charge is 0.269 e. The van der Waals surface area contributed by atoms with Crippen LogP contribution in [-0.2, 0) is 42.2 Å². The van der Waals surface area contributed by atoms with Crippen molar-refractivity contribution in [1.82, 2.24) is 31.2 Å². The van der Waals surface area contributed by atoms with E-state index in [-0.39, 0.29) is 47.6 Å². The van der Waals surface area contributed by atoms with Crippen LogP contribution in [0.4, 0.5) is 11.4 Å². The fourth-order valence-corrected chi connectivity index (χ4v) is 10.3. The van der Waals surface area contributed by atoms with Crippen LogP contribution in [0.5, 0.6) is 0 Å². The number of amides is 4. The number of nitrogens with one attached hydrogen (secondary N) is 4. The summed E-state index contributed by atoms with van der Waals surface area (Å²) in [6, 6.07) is 17.5. The summed E-state index contributed by atoms with van der Waals surface area (Å²) in [5.74, 6) is -4.70. The number of benzene rings is 2. The molecule has 0 aliphatic carbocycles. The number of pyridine rings is 2. The minimum atomic E-state index is -4.52. The molecule has 0 saturated heterocycles. The molecule has 4 heterocycles. The van der Waals surface area contributed by atoms with Crippen LogP contribution in [0, 0.1) is 0 Å².